The molecule has 168 valence electrons. The van der Waals surface area contributed by atoms with Crippen molar-refractivity contribution in [2.45, 2.75) is 39.2 Å². The maximum Gasteiger partial charge on any atom is 0.152 e. The van der Waals surface area contributed by atoms with Gasteiger partial charge in [-0.1, -0.05) is 41.4 Å². The van der Waals surface area contributed by atoms with Crippen LogP contribution in [0.25, 0.3) is 21.9 Å². The highest BCUT2D eigenvalue weighted by Gasteiger charge is 2.18. The minimum atomic E-state index is 0.458. The Kier molecular flexibility index (Phi) is 7.27. The molecule has 0 saturated heterocycles. The first-order valence-corrected chi connectivity index (χ1v) is 11.8. The van der Waals surface area contributed by atoms with E-state index in [0.29, 0.717) is 12.4 Å². The topological polar surface area (TPSA) is 75.2 Å². The number of benzene rings is 2. The van der Waals surface area contributed by atoms with Crippen molar-refractivity contribution in [1.82, 2.24) is 14.5 Å². The molecular formula is C25H29BrN4O2. The van der Waals surface area contributed by atoms with Gasteiger partial charge in [-0.05, 0) is 48.7 Å². The van der Waals surface area contributed by atoms with Crippen molar-refractivity contribution in [3.63, 3.8) is 0 Å². The zero-order valence-corrected chi connectivity index (χ0v) is 20.2. The van der Waals surface area contributed by atoms with E-state index in [0.717, 1.165) is 76.9 Å². The Bertz CT molecular complexity index is 1200. The number of ether oxygens (including phenoxy) is 2. The number of nitrogen functional groups attached to an aromatic ring is 1. The van der Waals surface area contributed by atoms with Gasteiger partial charge in [0.2, 0.25) is 0 Å². The summed E-state index contributed by atoms with van der Waals surface area (Å²) in [4.78, 5) is 9.54. The molecule has 7 heteroatoms. The van der Waals surface area contributed by atoms with Gasteiger partial charge in [0.1, 0.15) is 17.1 Å². The number of halogens is 1. The van der Waals surface area contributed by atoms with Crippen molar-refractivity contribution >= 4 is 43.7 Å². The molecule has 0 saturated carbocycles. The van der Waals surface area contributed by atoms with Gasteiger partial charge >= 0.3 is 0 Å². The highest BCUT2D eigenvalue weighted by atomic mass is 79.9. The van der Waals surface area contributed by atoms with Crippen LogP contribution in [0.2, 0.25) is 0 Å². The number of nitrogens with zero attached hydrogens (tertiary/aromatic N) is 3. The number of unbranched alkanes of at least 4 members (excludes halogenated alkanes) is 1. The molecule has 0 atom stereocenters. The number of anilines is 1. The van der Waals surface area contributed by atoms with Gasteiger partial charge in [0, 0.05) is 36.0 Å². The van der Waals surface area contributed by atoms with Crippen LogP contribution in [-0.4, -0.2) is 34.9 Å². The molecule has 0 aliphatic rings. The maximum atomic E-state index is 6.35. The summed E-state index contributed by atoms with van der Waals surface area (Å²) in [7, 11) is 1.68. The van der Waals surface area contributed by atoms with Crippen molar-refractivity contribution in [3.05, 3.63) is 58.3 Å². The van der Waals surface area contributed by atoms with Gasteiger partial charge in [-0.2, -0.15) is 0 Å². The molecule has 4 aromatic rings. The molecule has 0 amide bonds. The number of hydrogen-bond donors (Lipinski definition) is 1. The second-order valence-electron chi connectivity index (χ2n) is 7.89. The number of nitrogens with two attached hydrogens (primary N) is 1. The fourth-order valence-electron chi connectivity index (χ4n) is 3.89. The number of hydrogen-bond acceptors (Lipinski definition) is 5. The first kappa shape index (κ1) is 22.6. The lowest BCUT2D eigenvalue weighted by atomic mass is 10.1. The van der Waals surface area contributed by atoms with Gasteiger partial charge in [0.25, 0.3) is 0 Å². The van der Waals surface area contributed by atoms with E-state index in [-0.39, 0.29) is 0 Å². The molecule has 2 aromatic heterocycles. The number of aryl methyl sites for hydroxylation is 1. The fourth-order valence-corrected chi connectivity index (χ4v) is 4.24. The van der Waals surface area contributed by atoms with Crippen molar-refractivity contribution in [2.75, 3.05) is 26.1 Å². The molecule has 32 heavy (non-hydrogen) atoms. The highest BCUT2D eigenvalue weighted by molar-refractivity contribution is 9.10. The third-order valence-electron chi connectivity index (χ3n) is 5.58. The maximum absolute atomic E-state index is 6.35. The number of rotatable bonds is 10. The Labute approximate surface area is 196 Å². The van der Waals surface area contributed by atoms with Crippen LogP contribution in [0.1, 0.15) is 37.6 Å². The van der Waals surface area contributed by atoms with E-state index in [9.17, 15) is 0 Å². The van der Waals surface area contributed by atoms with Gasteiger partial charge in [-0.15, -0.1) is 0 Å². The highest BCUT2D eigenvalue weighted by Crippen LogP contribution is 2.31. The molecular weight excluding hydrogens is 468 g/mol. The third kappa shape index (κ3) is 4.89. The first-order chi connectivity index (χ1) is 15.6. The fraction of sp³-hybridized carbons (Fsp3) is 0.360. The number of fused-ring (bicyclic) bond motifs is 3. The minimum absolute atomic E-state index is 0.458. The van der Waals surface area contributed by atoms with E-state index in [1.807, 2.05) is 24.3 Å². The third-order valence-corrected chi connectivity index (χ3v) is 6.07. The average Bonchev–Trinajstić information content (AvgIpc) is 3.15. The van der Waals surface area contributed by atoms with Crippen molar-refractivity contribution in [2.24, 2.45) is 0 Å². The van der Waals surface area contributed by atoms with E-state index in [1.54, 1.807) is 7.11 Å². The summed E-state index contributed by atoms with van der Waals surface area (Å²) in [6.07, 6.45) is 3.97. The summed E-state index contributed by atoms with van der Waals surface area (Å²) in [5, 5.41) is 1.05. The zero-order valence-electron chi connectivity index (χ0n) is 18.6. The quantitative estimate of drug-likeness (QED) is 0.283. The number of methoxy groups -OCH3 is 1. The Morgan fingerprint density at radius 1 is 1.03 bits per heavy atom. The normalized spacial score (nSPS) is 11.5. The largest absolute Gasteiger partial charge is 0.497 e. The summed E-state index contributed by atoms with van der Waals surface area (Å²) in [5.74, 6) is 2.30. The lowest BCUT2D eigenvalue weighted by Gasteiger charge is -2.12. The molecule has 2 heterocycles. The molecule has 0 radical (unpaired) electrons. The van der Waals surface area contributed by atoms with Crippen molar-refractivity contribution < 1.29 is 9.47 Å². The molecule has 0 unspecified atom stereocenters. The van der Waals surface area contributed by atoms with Crippen LogP contribution in [0, 0.1) is 0 Å². The van der Waals surface area contributed by atoms with Gasteiger partial charge in [-0.25, -0.2) is 9.97 Å². The van der Waals surface area contributed by atoms with E-state index in [1.165, 1.54) is 5.56 Å². The van der Waals surface area contributed by atoms with Crippen LogP contribution >= 0.6 is 15.9 Å². The summed E-state index contributed by atoms with van der Waals surface area (Å²) in [6, 6.07) is 14.3. The van der Waals surface area contributed by atoms with E-state index in [4.69, 9.17) is 20.2 Å². The molecule has 0 spiro atoms. The molecule has 6 nitrogen and oxygen atoms in total. The summed E-state index contributed by atoms with van der Waals surface area (Å²) < 4.78 is 14.3. The number of aromatic nitrogens is 3. The Morgan fingerprint density at radius 2 is 1.81 bits per heavy atom. The Balaban J connectivity index is 1.73. The van der Waals surface area contributed by atoms with Gasteiger partial charge in [-0.3, -0.25) is 0 Å². The van der Waals surface area contributed by atoms with Crippen LogP contribution in [0.4, 0.5) is 5.82 Å². The van der Waals surface area contributed by atoms with E-state index < -0.39 is 0 Å². The molecule has 0 aliphatic heterocycles. The van der Waals surface area contributed by atoms with Gasteiger partial charge in [0.05, 0.1) is 18.1 Å². The van der Waals surface area contributed by atoms with Gasteiger partial charge < -0.3 is 19.8 Å². The predicted molar refractivity (Wildman–Crippen MR) is 133 cm³/mol. The van der Waals surface area contributed by atoms with Crippen LogP contribution < -0.4 is 10.5 Å². The number of imidazole rings is 1. The molecule has 2 aromatic carbocycles. The van der Waals surface area contributed by atoms with Crippen LogP contribution in [0.3, 0.4) is 0 Å². The SMILES string of the molecule is CCCCOCCCc1nc2c(N)nc3cc(Br)ccc3c2n1Cc1ccc(OC)cc1. The molecule has 0 bridgehead atoms. The molecule has 0 aliphatic carbocycles. The molecule has 0 fully saturated rings. The van der Waals surface area contributed by atoms with Gasteiger partial charge in [0.15, 0.2) is 5.82 Å². The average molecular weight is 497 g/mol. The molecule has 4 rings (SSSR count). The van der Waals surface area contributed by atoms with Crippen LogP contribution in [0.5, 0.6) is 5.75 Å². The van der Waals surface area contributed by atoms with Crippen LogP contribution in [0.15, 0.2) is 46.9 Å². The summed E-state index contributed by atoms with van der Waals surface area (Å²) >= 11 is 3.54. The smallest absolute Gasteiger partial charge is 0.152 e. The van der Waals surface area contributed by atoms with Crippen molar-refractivity contribution in [1.29, 1.82) is 0 Å². The lowest BCUT2D eigenvalue weighted by molar-refractivity contribution is 0.128. The summed E-state index contributed by atoms with van der Waals surface area (Å²) in [5.41, 5.74) is 10.2. The number of pyridine rings is 1. The second-order valence-corrected chi connectivity index (χ2v) is 8.80. The van der Waals surface area contributed by atoms with E-state index >= 15 is 0 Å². The Morgan fingerprint density at radius 3 is 2.56 bits per heavy atom. The summed E-state index contributed by atoms with van der Waals surface area (Å²) in [6.45, 7) is 4.41. The lowest BCUT2D eigenvalue weighted by Crippen LogP contribution is -2.07. The predicted octanol–water partition coefficient (Wildman–Crippen LogP) is 5.74. The second kappa shape index (κ2) is 10.3. The molecule has 2 N–H and O–H groups in total. The van der Waals surface area contributed by atoms with Crippen molar-refractivity contribution in [3.8, 4) is 5.75 Å². The Hall–Kier alpha value is -2.64. The monoisotopic (exact) mass is 496 g/mol. The zero-order chi connectivity index (χ0) is 22.5. The van der Waals surface area contributed by atoms with Crippen LogP contribution in [-0.2, 0) is 17.7 Å². The van der Waals surface area contributed by atoms with E-state index in [2.05, 4.69) is 50.6 Å². The first-order valence-electron chi connectivity index (χ1n) is 11.0. The standard InChI is InChI=1S/C25H29BrN4O2/c1-3-4-13-32-14-5-6-22-29-23-24(20-12-9-18(26)15-21(20)28-25(23)27)30(22)16-17-7-10-19(31-2)11-8-17/h7-12,15H,3-6,13-14,16H2,1-2H3,(H2,27,28). The minimum Gasteiger partial charge on any atom is -0.497 e.